The molecular formula is C15H24FN3. The summed E-state index contributed by atoms with van der Waals surface area (Å²) in [4.78, 5) is 6.28. The number of halogens is 1. The summed E-state index contributed by atoms with van der Waals surface area (Å²) in [7, 11) is 0. The molecule has 0 aliphatic heterocycles. The third-order valence-corrected chi connectivity index (χ3v) is 3.84. The van der Waals surface area contributed by atoms with E-state index >= 15 is 0 Å². The van der Waals surface area contributed by atoms with Gasteiger partial charge in [-0.05, 0) is 39.2 Å². The fourth-order valence-electron chi connectivity index (χ4n) is 2.24. The van der Waals surface area contributed by atoms with E-state index in [1.54, 1.807) is 12.3 Å². The van der Waals surface area contributed by atoms with Crippen molar-refractivity contribution >= 4 is 5.82 Å². The van der Waals surface area contributed by atoms with Gasteiger partial charge in [0.1, 0.15) is 0 Å². The van der Waals surface area contributed by atoms with Crippen LogP contribution in [0.1, 0.15) is 45.6 Å². The van der Waals surface area contributed by atoms with Gasteiger partial charge in [-0.25, -0.2) is 9.37 Å². The highest BCUT2D eigenvalue weighted by Crippen LogP contribution is 2.24. The Labute approximate surface area is 115 Å². The molecule has 2 rings (SSSR count). The summed E-state index contributed by atoms with van der Waals surface area (Å²) in [6.45, 7) is 7.65. The number of hydrogen-bond acceptors (Lipinski definition) is 3. The van der Waals surface area contributed by atoms with Gasteiger partial charge in [-0.3, -0.25) is 0 Å². The first-order chi connectivity index (χ1) is 9.17. The van der Waals surface area contributed by atoms with Crippen molar-refractivity contribution in [1.82, 2.24) is 10.3 Å². The van der Waals surface area contributed by atoms with Crippen molar-refractivity contribution in [2.75, 3.05) is 11.4 Å². The predicted molar refractivity (Wildman–Crippen MR) is 76.8 cm³/mol. The van der Waals surface area contributed by atoms with Crippen LogP contribution in [0.4, 0.5) is 10.2 Å². The lowest BCUT2D eigenvalue weighted by Crippen LogP contribution is -2.34. The summed E-state index contributed by atoms with van der Waals surface area (Å²) in [6, 6.07) is 2.67. The molecule has 1 fully saturated rings. The second-order valence-corrected chi connectivity index (χ2v) is 5.31. The zero-order valence-corrected chi connectivity index (χ0v) is 12.1. The number of hydrogen-bond donors (Lipinski definition) is 1. The molecule has 19 heavy (non-hydrogen) atoms. The maximum Gasteiger partial charge on any atom is 0.170 e. The number of pyridine rings is 1. The van der Waals surface area contributed by atoms with E-state index in [1.807, 2.05) is 11.8 Å². The van der Waals surface area contributed by atoms with Crippen LogP contribution in [0.15, 0.2) is 12.3 Å². The topological polar surface area (TPSA) is 28.2 Å². The summed E-state index contributed by atoms with van der Waals surface area (Å²) in [5, 5.41) is 3.35. The van der Waals surface area contributed by atoms with Crippen molar-refractivity contribution in [3.63, 3.8) is 0 Å². The molecule has 0 radical (unpaired) electrons. The number of anilines is 1. The first kappa shape index (κ1) is 14.3. The fraction of sp³-hybridized carbons (Fsp3) is 0.667. The van der Waals surface area contributed by atoms with Crippen LogP contribution in [0, 0.1) is 5.82 Å². The summed E-state index contributed by atoms with van der Waals surface area (Å²) in [5.74, 6) is 0.324. The van der Waals surface area contributed by atoms with Crippen molar-refractivity contribution in [1.29, 1.82) is 0 Å². The first-order valence-electron chi connectivity index (χ1n) is 7.30. The van der Waals surface area contributed by atoms with Crippen LogP contribution in [0.5, 0.6) is 0 Å². The minimum absolute atomic E-state index is 0.169. The average molecular weight is 265 g/mol. The van der Waals surface area contributed by atoms with E-state index in [0.29, 0.717) is 24.4 Å². The fourth-order valence-corrected chi connectivity index (χ4v) is 2.24. The lowest BCUT2D eigenvalue weighted by atomic mass is 10.2. The lowest BCUT2D eigenvalue weighted by Gasteiger charge is -2.29. The maximum atomic E-state index is 14.5. The Hall–Kier alpha value is -1.16. The molecule has 1 atom stereocenters. The van der Waals surface area contributed by atoms with E-state index in [1.165, 1.54) is 12.8 Å². The van der Waals surface area contributed by atoms with Crippen molar-refractivity contribution in [3.05, 3.63) is 23.6 Å². The Bertz CT molecular complexity index is 418. The molecule has 106 valence electrons. The van der Waals surface area contributed by atoms with E-state index in [-0.39, 0.29) is 5.82 Å². The predicted octanol–water partition coefficient (Wildman–Crippen LogP) is 3.10. The van der Waals surface area contributed by atoms with E-state index in [4.69, 9.17) is 0 Å². The van der Waals surface area contributed by atoms with Crippen LogP contribution in [-0.4, -0.2) is 23.6 Å². The summed E-state index contributed by atoms with van der Waals surface area (Å²) in [6.07, 6.45) is 5.13. The molecule has 0 spiro atoms. The molecule has 1 heterocycles. The maximum absolute atomic E-state index is 14.5. The van der Waals surface area contributed by atoms with Gasteiger partial charge < -0.3 is 10.2 Å². The molecule has 0 saturated heterocycles. The van der Waals surface area contributed by atoms with Crippen molar-refractivity contribution in [2.24, 2.45) is 0 Å². The number of nitrogens with one attached hydrogen (secondary N) is 1. The molecular weight excluding hydrogens is 241 g/mol. The molecule has 0 amide bonds. The molecule has 0 bridgehead atoms. The van der Waals surface area contributed by atoms with Crippen LogP contribution in [0.3, 0.4) is 0 Å². The monoisotopic (exact) mass is 265 g/mol. The molecule has 1 aliphatic rings. The Morgan fingerprint density at radius 2 is 2.21 bits per heavy atom. The van der Waals surface area contributed by atoms with Crippen LogP contribution in [0.25, 0.3) is 0 Å². The lowest BCUT2D eigenvalue weighted by molar-refractivity contribution is 0.553. The third kappa shape index (κ3) is 3.44. The van der Waals surface area contributed by atoms with Crippen molar-refractivity contribution in [3.8, 4) is 0 Å². The van der Waals surface area contributed by atoms with Gasteiger partial charge in [-0.15, -0.1) is 0 Å². The normalized spacial score (nSPS) is 16.4. The minimum Gasteiger partial charge on any atom is -0.352 e. The molecule has 0 aromatic carbocycles. The molecule has 1 aliphatic carbocycles. The second-order valence-electron chi connectivity index (χ2n) is 5.31. The average Bonchev–Trinajstić information content (AvgIpc) is 3.24. The number of rotatable bonds is 7. The Kier molecular flexibility index (Phi) is 4.75. The standard InChI is InChI=1S/C15H24FN3/c1-4-11(3)19(5-2)15-14(16)12(8-9-17-15)10-18-13-6-7-13/h8-9,11,13,18H,4-7,10H2,1-3H3. The van der Waals surface area contributed by atoms with Gasteiger partial charge in [0.15, 0.2) is 11.6 Å². The van der Waals surface area contributed by atoms with Crippen LogP contribution < -0.4 is 10.2 Å². The highest BCUT2D eigenvalue weighted by Gasteiger charge is 2.22. The van der Waals surface area contributed by atoms with E-state index < -0.39 is 0 Å². The number of aromatic nitrogens is 1. The highest BCUT2D eigenvalue weighted by atomic mass is 19.1. The van der Waals surface area contributed by atoms with E-state index in [0.717, 1.165) is 18.5 Å². The SMILES string of the molecule is CCC(C)N(CC)c1nccc(CNC2CC2)c1F. The van der Waals surface area contributed by atoms with Crippen molar-refractivity contribution < 1.29 is 4.39 Å². The van der Waals surface area contributed by atoms with E-state index in [2.05, 4.69) is 24.1 Å². The zero-order chi connectivity index (χ0) is 13.8. The van der Waals surface area contributed by atoms with Crippen LogP contribution in [0.2, 0.25) is 0 Å². The quantitative estimate of drug-likeness (QED) is 0.821. The molecule has 1 aromatic rings. The Balaban J connectivity index is 2.16. The first-order valence-corrected chi connectivity index (χ1v) is 7.30. The highest BCUT2D eigenvalue weighted by molar-refractivity contribution is 5.44. The van der Waals surface area contributed by atoms with Crippen molar-refractivity contribution in [2.45, 2.75) is 58.7 Å². The van der Waals surface area contributed by atoms with Gasteiger partial charge in [0.05, 0.1) is 0 Å². The molecule has 1 saturated carbocycles. The Morgan fingerprint density at radius 1 is 1.47 bits per heavy atom. The summed E-state index contributed by atoms with van der Waals surface area (Å²) in [5.41, 5.74) is 0.721. The van der Waals surface area contributed by atoms with Gasteiger partial charge in [0.2, 0.25) is 0 Å². The van der Waals surface area contributed by atoms with Crippen LogP contribution in [-0.2, 0) is 6.54 Å². The molecule has 1 N–H and O–H groups in total. The molecule has 4 heteroatoms. The molecule has 1 aromatic heterocycles. The Morgan fingerprint density at radius 3 is 2.79 bits per heavy atom. The summed E-state index contributed by atoms with van der Waals surface area (Å²) < 4.78 is 14.5. The zero-order valence-electron chi connectivity index (χ0n) is 12.1. The van der Waals surface area contributed by atoms with E-state index in [9.17, 15) is 4.39 Å². The third-order valence-electron chi connectivity index (χ3n) is 3.84. The molecule has 1 unspecified atom stereocenters. The minimum atomic E-state index is -0.169. The smallest absolute Gasteiger partial charge is 0.170 e. The van der Waals surface area contributed by atoms with Gasteiger partial charge in [-0.1, -0.05) is 6.92 Å². The van der Waals surface area contributed by atoms with Gasteiger partial charge in [-0.2, -0.15) is 0 Å². The van der Waals surface area contributed by atoms with Gasteiger partial charge in [0, 0.05) is 36.9 Å². The number of nitrogens with zero attached hydrogens (tertiary/aromatic N) is 2. The molecule has 3 nitrogen and oxygen atoms in total. The van der Waals surface area contributed by atoms with Crippen LogP contribution >= 0.6 is 0 Å². The van der Waals surface area contributed by atoms with Gasteiger partial charge in [0.25, 0.3) is 0 Å². The second kappa shape index (κ2) is 6.33. The largest absolute Gasteiger partial charge is 0.352 e. The summed E-state index contributed by atoms with van der Waals surface area (Å²) >= 11 is 0. The van der Waals surface area contributed by atoms with Gasteiger partial charge >= 0.3 is 0 Å².